The number of amides is 3. The van der Waals surface area contributed by atoms with Gasteiger partial charge in [-0.05, 0) is 31.5 Å². The lowest BCUT2D eigenvalue weighted by Crippen LogP contribution is -2.42. The maximum atomic E-state index is 12.8. The molecule has 1 heterocycles. The van der Waals surface area contributed by atoms with Gasteiger partial charge in [-0.2, -0.15) is 5.10 Å². The van der Waals surface area contributed by atoms with Gasteiger partial charge >= 0.3 is 12.0 Å². The van der Waals surface area contributed by atoms with Crippen LogP contribution in [0.2, 0.25) is 0 Å². The number of ether oxygens (including phenoxy) is 1. The quantitative estimate of drug-likeness (QED) is 0.648. The van der Waals surface area contributed by atoms with Crippen molar-refractivity contribution in [3.63, 3.8) is 0 Å². The number of aryl methyl sites for hydroxylation is 1. The maximum absolute atomic E-state index is 12.8. The van der Waals surface area contributed by atoms with Crippen LogP contribution in [0.25, 0.3) is 16.9 Å². The van der Waals surface area contributed by atoms with E-state index in [0.29, 0.717) is 5.69 Å². The third kappa shape index (κ3) is 4.49. The van der Waals surface area contributed by atoms with Crippen LogP contribution in [-0.4, -0.2) is 33.8 Å². The molecule has 0 saturated carbocycles. The van der Waals surface area contributed by atoms with Crippen molar-refractivity contribution in [1.82, 2.24) is 15.1 Å². The Labute approximate surface area is 167 Å². The van der Waals surface area contributed by atoms with Gasteiger partial charge in [0.05, 0.1) is 5.69 Å². The number of benzene rings is 2. The van der Waals surface area contributed by atoms with Gasteiger partial charge < -0.3 is 10.5 Å². The molecule has 0 bridgehead atoms. The van der Waals surface area contributed by atoms with Crippen LogP contribution in [0.1, 0.15) is 22.8 Å². The minimum Gasteiger partial charge on any atom is -0.449 e. The fraction of sp³-hybridized carbons (Fsp3) is 0.143. The third-order valence-electron chi connectivity index (χ3n) is 4.25. The highest BCUT2D eigenvalue weighted by molar-refractivity contribution is 6.00. The molecule has 1 atom stereocenters. The summed E-state index contributed by atoms with van der Waals surface area (Å²) in [6.45, 7) is 3.26. The Bertz CT molecular complexity index is 1060. The predicted molar refractivity (Wildman–Crippen MR) is 106 cm³/mol. The van der Waals surface area contributed by atoms with Crippen molar-refractivity contribution in [2.24, 2.45) is 5.73 Å². The number of urea groups is 1. The van der Waals surface area contributed by atoms with Crippen LogP contribution in [0.3, 0.4) is 0 Å². The van der Waals surface area contributed by atoms with Crippen LogP contribution in [0.15, 0.2) is 60.8 Å². The molecular formula is C21H20N4O4. The summed E-state index contributed by atoms with van der Waals surface area (Å²) in [4.78, 5) is 35.5. The molecule has 0 saturated heterocycles. The second-order valence-corrected chi connectivity index (χ2v) is 6.39. The van der Waals surface area contributed by atoms with Crippen molar-refractivity contribution < 1.29 is 19.1 Å². The number of aromatic nitrogens is 2. The van der Waals surface area contributed by atoms with Crippen molar-refractivity contribution in [3.05, 3.63) is 71.9 Å². The minimum atomic E-state index is -1.21. The van der Waals surface area contributed by atoms with E-state index in [9.17, 15) is 14.4 Å². The zero-order chi connectivity index (χ0) is 21.0. The molecule has 0 fully saturated rings. The van der Waals surface area contributed by atoms with E-state index in [2.05, 4.69) is 5.10 Å². The first-order valence-electron chi connectivity index (χ1n) is 8.89. The van der Waals surface area contributed by atoms with E-state index >= 15 is 0 Å². The number of nitrogens with zero attached hydrogens (tertiary/aromatic N) is 2. The van der Waals surface area contributed by atoms with Gasteiger partial charge in [0.25, 0.3) is 5.91 Å². The van der Waals surface area contributed by atoms with Crippen LogP contribution in [0.5, 0.6) is 0 Å². The summed E-state index contributed by atoms with van der Waals surface area (Å²) < 4.78 is 6.81. The third-order valence-corrected chi connectivity index (χ3v) is 4.25. The molecule has 0 aliphatic heterocycles. The average molecular weight is 392 g/mol. The van der Waals surface area contributed by atoms with E-state index < -0.39 is 24.0 Å². The Morgan fingerprint density at radius 1 is 1.07 bits per heavy atom. The second-order valence-electron chi connectivity index (χ2n) is 6.39. The molecule has 2 aromatic carbocycles. The molecule has 3 amide bonds. The van der Waals surface area contributed by atoms with E-state index in [1.165, 1.54) is 6.92 Å². The zero-order valence-electron chi connectivity index (χ0n) is 16.0. The summed E-state index contributed by atoms with van der Waals surface area (Å²) in [5.41, 5.74) is 8.02. The topological polar surface area (TPSA) is 116 Å². The number of imide groups is 1. The molecule has 8 nitrogen and oxygen atoms in total. The first kappa shape index (κ1) is 19.8. The summed E-state index contributed by atoms with van der Waals surface area (Å²) in [5.74, 6) is -1.55. The summed E-state index contributed by atoms with van der Waals surface area (Å²) in [6.07, 6.45) is 0.345. The first-order chi connectivity index (χ1) is 13.9. The van der Waals surface area contributed by atoms with Gasteiger partial charge in [0.1, 0.15) is 11.3 Å². The Hall–Kier alpha value is -3.94. The fourth-order valence-corrected chi connectivity index (χ4v) is 2.77. The molecule has 1 aromatic heterocycles. The van der Waals surface area contributed by atoms with Crippen molar-refractivity contribution in [2.75, 3.05) is 0 Å². The minimum absolute atomic E-state index is 0.196. The Morgan fingerprint density at radius 3 is 2.38 bits per heavy atom. The van der Waals surface area contributed by atoms with Crippen LogP contribution in [0, 0.1) is 6.92 Å². The molecule has 8 heteroatoms. The molecule has 0 radical (unpaired) electrons. The number of carbonyl (C=O) groups excluding carboxylic acids is 3. The fourth-order valence-electron chi connectivity index (χ4n) is 2.77. The maximum Gasteiger partial charge on any atom is 0.342 e. The normalized spacial score (nSPS) is 11.5. The van der Waals surface area contributed by atoms with E-state index in [-0.39, 0.29) is 5.56 Å². The molecule has 0 unspecified atom stereocenters. The van der Waals surface area contributed by atoms with Crippen LogP contribution in [-0.2, 0) is 9.53 Å². The summed E-state index contributed by atoms with van der Waals surface area (Å²) in [7, 11) is 0. The van der Waals surface area contributed by atoms with Gasteiger partial charge in [0.2, 0.25) is 0 Å². The number of carbonyl (C=O) groups is 3. The number of hydrogen-bond acceptors (Lipinski definition) is 5. The monoisotopic (exact) mass is 392 g/mol. The SMILES string of the molecule is Cc1ccccc1-c1nn(-c2ccccc2)cc1C(=O)O[C@H](C)C(=O)NC(N)=O. The lowest BCUT2D eigenvalue weighted by Gasteiger charge is -2.12. The van der Waals surface area contributed by atoms with Crippen LogP contribution >= 0.6 is 0 Å². The highest BCUT2D eigenvalue weighted by atomic mass is 16.5. The summed E-state index contributed by atoms with van der Waals surface area (Å²) in [6, 6.07) is 15.8. The largest absolute Gasteiger partial charge is 0.449 e. The molecule has 0 aliphatic rings. The number of para-hydroxylation sites is 1. The van der Waals surface area contributed by atoms with Gasteiger partial charge in [-0.25, -0.2) is 14.3 Å². The van der Waals surface area contributed by atoms with Gasteiger partial charge in [-0.1, -0.05) is 42.5 Å². The first-order valence-corrected chi connectivity index (χ1v) is 8.89. The highest BCUT2D eigenvalue weighted by Crippen LogP contribution is 2.27. The lowest BCUT2D eigenvalue weighted by molar-refractivity contribution is -0.127. The van der Waals surface area contributed by atoms with E-state index in [1.54, 1.807) is 10.9 Å². The summed E-state index contributed by atoms with van der Waals surface area (Å²) in [5, 5.41) is 6.46. The number of hydrogen-bond donors (Lipinski definition) is 2. The van der Waals surface area contributed by atoms with Crippen molar-refractivity contribution >= 4 is 17.9 Å². The number of esters is 1. The molecule has 0 aliphatic carbocycles. The Kier molecular flexibility index (Phi) is 5.73. The Balaban J connectivity index is 1.99. The summed E-state index contributed by atoms with van der Waals surface area (Å²) >= 11 is 0. The highest BCUT2D eigenvalue weighted by Gasteiger charge is 2.25. The molecule has 3 rings (SSSR count). The Morgan fingerprint density at radius 2 is 1.72 bits per heavy atom. The van der Waals surface area contributed by atoms with E-state index in [0.717, 1.165) is 16.8 Å². The molecule has 0 spiro atoms. The number of nitrogens with two attached hydrogens (primary N) is 1. The number of rotatable bonds is 5. The van der Waals surface area contributed by atoms with E-state index in [1.807, 2.05) is 66.8 Å². The standard InChI is InChI=1S/C21H20N4O4/c1-13-8-6-7-11-16(13)18-17(12-25(24-18)15-9-4-3-5-10-15)20(27)29-14(2)19(26)23-21(22)28/h3-12,14H,1-2H3,(H3,22,23,26,28)/t14-/m1/s1. The molecule has 148 valence electrons. The molecule has 29 heavy (non-hydrogen) atoms. The van der Waals surface area contributed by atoms with Crippen molar-refractivity contribution in [2.45, 2.75) is 20.0 Å². The number of primary amides is 1. The van der Waals surface area contributed by atoms with Crippen LogP contribution < -0.4 is 11.1 Å². The van der Waals surface area contributed by atoms with Gasteiger partial charge in [0, 0.05) is 11.8 Å². The van der Waals surface area contributed by atoms with Crippen molar-refractivity contribution in [3.8, 4) is 16.9 Å². The average Bonchev–Trinajstić information content (AvgIpc) is 3.14. The zero-order valence-corrected chi connectivity index (χ0v) is 16.0. The van der Waals surface area contributed by atoms with E-state index in [4.69, 9.17) is 10.5 Å². The molecular weight excluding hydrogens is 372 g/mol. The smallest absolute Gasteiger partial charge is 0.342 e. The lowest BCUT2D eigenvalue weighted by atomic mass is 10.0. The second kappa shape index (κ2) is 8.39. The van der Waals surface area contributed by atoms with Gasteiger partial charge in [-0.3, -0.25) is 10.1 Å². The van der Waals surface area contributed by atoms with Gasteiger partial charge in [0.15, 0.2) is 6.10 Å². The molecule has 3 aromatic rings. The van der Waals surface area contributed by atoms with Crippen LogP contribution in [0.4, 0.5) is 4.79 Å². The van der Waals surface area contributed by atoms with Gasteiger partial charge in [-0.15, -0.1) is 0 Å². The van der Waals surface area contributed by atoms with Crippen molar-refractivity contribution in [1.29, 1.82) is 0 Å². The predicted octanol–water partition coefficient (Wildman–Crippen LogP) is 2.59. The number of nitrogens with one attached hydrogen (secondary N) is 1. The molecule has 3 N–H and O–H groups in total.